The predicted molar refractivity (Wildman–Crippen MR) is 79.0 cm³/mol. The minimum Gasteiger partial charge on any atom is -0.485 e. The Morgan fingerprint density at radius 3 is 2.68 bits per heavy atom. The number of hydrogen-bond acceptors (Lipinski definition) is 2. The molecule has 0 spiro atoms. The molecule has 0 radical (unpaired) electrons. The number of hydrogen-bond donors (Lipinski definition) is 0. The molecule has 3 rings (SSSR count). The molecule has 0 saturated heterocycles. The van der Waals surface area contributed by atoms with Crippen molar-refractivity contribution in [1.29, 1.82) is 0 Å². The van der Waals surface area contributed by atoms with Crippen LogP contribution in [0, 0.1) is 0 Å². The number of fused-ring (bicyclic) bond motifs is 1. The quantitative estimate of drug-likeness (QED) is 0.792. The van der Waals surface area contributed by atoms with Crippen molar-refractivity contribution in [2.45, 2.75) is 13.3 Å². The van der Waals surface area contributed by atoms with E-state index < -0.39 is 0 Å². The molecule has 0 atom stereocenters. The van der Waals surface area contributed by atoms with Crippen LogP contribution in [0.1, 0.15) is 18.1 Å². The fourth-order valence-electron chi connectivity index (χ4n) is 2.11. The molecule has 0 unspecified atom stereocenters. The average molecular weight is 272 g/mol. The van der Waals surface area contributed by atoms with E-state index in [1.807, 2.05) is 30.3 Å². The maximum atomic E-state index is 5.90. The molecule has 2 aromatic rings. The largest absolute Gasteiger partial charge is 0.485 e. The highest BCUT2D eigenvalue weighted by atomic mass is 35.5. The van der Waals surface area contributed by atoms with E-state index in [0.29, 0.717) is 6.61 Å². The molecular weight excluding hydrogens is 258 g/mol. The van der Waals surface area contributed by atoms with Crippen molar-refractivity contribution >= 4 is 23.0 Å². The molecule has 2 nitrogen and oxygen atoms in total. The van der Waals surface area contributed by atoms with E-state index >= 15 is 0 Å². The molecule has 0 aromatic heterocycles. The highest BCUT2D eigenvalue weighted by Crippen LogP contribution is 2.32. The first-order valence-electron chi connectivity index (χ1n) is 6.35. The third kappa shape index (κ3) is 2.49. The van der Waals surface area contributed by atoms with Gasteiger partial charge in [-0.25, -0.2) is 4.99 Å². The molecule has 0 amide bonds. The first kappa shape index (κ1) is 12.2. The minimum atomic E-state index is 0.500. The fraction of sp³-hybridized carbons (Fsp3) is 0.188. The van der Waals surface area contributed by atoms with Crippen LogP contribution in [-0.4, -0.2) is 12.3 Å². The van der Waals surface area contributed by atoms with Gasteiger partial charge in [-0.2, -0.15) is 0 Å². The summed E-state index contributed by atoms with van der Waals surface area (Å²) in [6, 6.07) is 13.9. The normalized spacial score (nSPS) is 13.5. The van der Waals surface area contributed by atoms with Crippen LogP contribution in [0.4, 0.5) is 5.69 Å². The summed E-state index contributed by atoms with van der Waals surface area (Å²) in [6.07, 6.45) is 0.999. The highest BCUT2D eigenvalue weighted by molar-refractivity contribution is 6.30. The average Bonchev–Trinajstić information content (AvgIpc) is 2.47. The van der Waals surface area contributed by atoms with Gasteiger partial charge in [0.15, 0.2) is 0 Å². The smallest absolute Gasteiger partial charge is 0.145 e. The van der Waals surface area contributed by atoms with E-state index in [2.05, 4.69) is 19.1 Å². The Bertz CT molecular complexity index is 632. The Morgan fingerprint density at radius 2 is 1.95 bits per heavy atom. The third-order valence-electron chi connectivity index (χ3n) is 3.23. The van der Waals surface area contributed by atoms with Crippen LogP contribution in [0.15, 0.2) is 47.5 Å². The molecule has 0 bridgehead atoms. The van der Waals surface area contributed by atoms with Crippen molar-refractivity contribution in [2.24, 2.45) is 4.99 Å². The molecule has 0 aliphatic carbocycles. The van der Waals surface area contributed by atoms with Crippen LogP contribution in [0.5, 0.6) is 5.75 Å². The zero-order valence-electron chi connectivity index (χ0n) is 10.7. The van der Waals surface area contributed by atoms with Gasteiger partial charge in [0.2, 0.25) is 0 Å². The standard InChI is InChI=1S/C16H14ClNO/c1-2-11-3-8-16-14(9-11)18-15(10-19-16)12-4-6-13(17)7-5-12/h3-9H,2,10H2,1H3. The number of aryl methyl sites for hydroxylation is 1. The van der Waals surface area contributed by atoms with Gasteiger partial charge in [-0.15, -0.1) is 0 Å². The topological polar surface area (TPSA) is 21.6 Å². The van der Waals surface area contributed by atoms with Gasteiger partial charge in [0.25, 0.3) is 0 Å². The zero-order valence-corrected chi connectivity index (χ0v) is 11.4. The van der Waals surface area contributed by atoms with Gasteiger partial charge in [-0.1, -0.05) is 36.7 Å². The monoisotopic (exact) mass is 271 g/mol. The summed E-state index contributed by atoms with van der Waals surface area (Å²) >= 11 is 5.90. The van der Waals surface area contributed by atoms with Crippen LogP contribution in [0.3, 0.4) is 0 Å². The van der Waals surface area contributed by atoms with E-state index in [-0.39, 0.29) is 0 Å². The molecular formula is C16H14ClNO. The second-order valence-corrected chi connectivity index (χ2v) is 4.95. The van der Waals surface area contributed by atoms with E-state index in [9.17, 15) is 0 Å². The van der Waals surface area contributed by atoms with Crippen LogP contribution in [0.25, 0.3) is 0 Å². The fourth-order valence-corrected chi connectivity index (χ4v) is 2.23. The lowest BCUT2D eigenvalue weighted by molar-refractivity contribution is 0.373. The predicted octanol–water partition coefficient (Wildman–Crippen LogP) is 4.42. The van der Waals surface area contributed by atoms with Gasteiger partial charge in [0.05, 0.1) is 5.71 Å². The van der Waals surface area contributed by atoms with Gasteiger partial charge in [-0.3, -0.25) is 0 Å². The van der Waals surface area contributed by atoms with Crippen LogP contribution < -0.4 is 4.74 Å². The molecule has 0 saturated carbocycles. The van der Waals surface area contributed by atoms with Crippen molar-refractivity contribution in [3.05, 3.63) is 58.6 Å². The molecule has 0 N–H and O–H groups in total. The van der Waals surface area contributed by atoms with Crippen LogP contribution in [-0.2, 0) is 6.42 Å². The lowest BCUT2D eigenvalue weighted by Gasteiger charge is -2.17. The Kier molecular flexibility index (Phi) is 3.26. The Morgan fingerprint density at radius 1 is 1.16 bits per heavy atom. The van der Waals surface area contributed by atoms with Gasteiger partial charge < -0.3 is 4.74 Å². The van der Waals surface area contributed by atoms with Crippen molar-refractivity contribution < 1.29 is 4.74 Å². The Labute approximate surface area is 117 Å². The summed E-state index contributed by atoms with van der Waals surface area (Å²) in [4.78, 5) is 4.70. The van der Waals surface area contributed by atoms with Crippen LogP contribution in [0.2, 0.25) is 5.02 Å². The third-order valence-corrected chi connectivity index (χ3v) is 3.48. The molecule has 1 heterocycles. The number of nitrogens with zero attached hydrogens (tertiary/aromatic N) is 1. The second-order valence-electron chi connectivity index (χ2n) is 4.51. The molecule has 1 aliphatic rings. The molecule has 1 aliphatic heterocycles. The Balaban J connectivity index is 2.00. The minimum absolute atomic E-state index is 0.500. The Hall–Kier alpha value is -1.80. The lowest BCUT2D eigenvalue weighted by atomic mass is 10.1. The number of halogens is 1. The lowest BCUT2D eigenvalue weighted by Crippen LogP contribution is -2.16. The van der Waals surface area contributed by atoms with E-state index in [0.717, 1.165) is 34.2 Å². The van der Waals surface area contributed by atoms with E-state index in [1.54, 1.807) is 0 Å². The summed E-state index contributed by atoms with van der Waals surface area (Å²) in [5.74, 6) is 0.856. The van der Waals surface area contributed by atoms with Crippen molar-refractivity contribution in [3.63, 3.8) is 0 Å². The summed E-state index contributed by atoms with van der Waals surface area (Å²) in [5.41, 5.74) is 4.17. The first-order chi connectivity index (χ1) is 9.26. The first-order valence-corrected chi connectivity index (χ1v) is 6.73. The van der Waals surface area contributed by atoms with Gasteiger partial charge >= 0.3 is 0 Å². The van der Waals surface area contributed by atoms with Gasteiger partial charge in [-0.05, 0) is 41.8 Å². The van der Waals surface area contributed by atoms with Gasteiger partial charge in [0.1, 0.15) is 18.0 Å². The molecule has 96 valence electrons. The number of rotatable bonds is 2. The van der Waals surface area contributed by atoms with Crippen molar-refractivity contribution in [1.82, 2.24) is 0 Å². The highest BCUT2D eigenvalue weighted by Gasteiger charge is 2.14. The summed E-state index contributed by atoms with van der Waals surface area (Å²) < 4.78 is 5.76. The van der Waals surface area contributed by atoms with E-state index in [4.69, 9.17) is 21.3 Å². The summed E-state index contributed by atoms with van der Waals surface area (Å²) in [5, 5.41) is 0.731. The van der Waals surface area contributed by atoms with Gasteiger partial charge in [0, 0.05) is 5.02 Å². The maximum Gasteiger partial charge on any atom is 0.145 e. The second kappa shape index (κ2) is 5.06. The zero-order chi connectivity index (χ0) is 13.2. The molecule has 2 aromatic carbocycles. The van der Waals surface area contributed by atoms with Crippen LogP contribution >= 0.6 is 11.6 Å². The number of benzene rings is 2. The SMILES string of the molecule is CCc1ccc2c(c1)N=C(c1ccc(Cl)cc1)CO2. The van der Waals surface area contributed by atoms with E-state index in [1.165, 1.54) is 5.56 Å². The van der Waals surface area contributed by atoms with Crippen molar-refractivity contribution in [2.75, 3.05) is 6.61 Å². The summed E-state index contributed by atoms with van der Waals surface area (Å²) in [7, 11) is 0. The number of aliphatic imine (C=N–C) groups is 1. The molecule has 0 fully saturated rings. The van der Waals surface area contributed by atoms with Crippen molar-refractivity contribution in [3.8, 4) is 5.75 Å². The number of ether oxygens (including phenoxy) is 1. The summed E-state index contributed by atoms with van der Waals surface area (Å²) in [6.45, 7) is 2.63. The molecule has 3 heteroatoms. The molecule has 19 heavy (non-hydrogen) atoms. The maximum absolute atomic E-state index is 5.90.